The first kappa shape index (κ1) is 24.1. The molecule has 1 atom stereocenters. The van der Waals surface area contributed by atoms with Crippen molar-refractivity contribution in [2.75, 3.05) is 32.8 Å². The van der Waals surface area contributed by atoms with E-state index >= 15 is 0 Å². The van der Waals surface area contributed by atoms with Gasteiger partial charge in [-0.1, -0.05) is 23.7 Å². The molecule has 10 heteroatoms. The molecule has 1 saturated heterocycles. The van der Waals surface area contributed by atoms with E-state index in [-0.39, 0.29) is 36.8 Å². The third-order valence-electron chi connectivity index (χ3n) is 4.16. The molecule has 1 fully saturated rings. The van der Waals surface area contributed by atoms with Crippen molar-refractivity contribution < 1.29 is 9.53 Å². The average Bonchev–Trinajstić information content (AvgIpc) is 3.13. The van der Waals surface area contributed by atoms with Gasteiger partial charge in [-0.05, 0) is 17.7 Å². The first-order valence-electron chi connectivity index (χ1n) is 8.17. The van der Waals surface area contributed by atoms with Crippen LogP contribution < -0.4 is 11.1 Å². The monoisotopic (exact) mass is 452 g/mol. The van der Waals surface area contributed by atoms with Gasteiger partial charge >= 0.3 is 0 Å². The third kappa shape index (κ3) is 6.57. The van der Waals surface area contributed by atoms with Gasteiger partial charge in [0.25, 0.3) is 5.91 Å². The summed E-state index contributed by atoms with van der Waals surface area (Å²) in [7, 11) is 0. The number of nitrogens with zero attached hydrogens (tertiary/aromatic N) is 2. The van der Waals surface area contributed by atoms with Crippen molar-refractivity contribution in [2.45, 2.75) is 12.6 Å². The highest BCUT2D eigenvalue weighted by atomic mass is 35.5. The Morgan fingerprint density at radius 3 is 2.56 bits per heavy atom. The Morgan fingerprint density at radius 1 is 1.30 bits per heavy atom. The first-order valence-corrected chi connectivity index (χ1v) is 9.43. The Kier molecular flexibility index (Phi) is 10.5. The molecular formula is C17H23Cl3N4O2S. The first-order chi connectivity index (χ1) is 12.2. The van der Waals surface area contributed by atoms with E-state index in [1.54, 1.807) is 5.38 Å². The Hall–Kier alpha value is -0.930. The zero-order valence-corrected chi connectivity index (χ0v) is 17.8. The van der Waals surface area contributed by atoms with Gasteiger partial charge in [-0.2, -0.15) is 0 Å². The van der Waals surface area contributed by atoms with Gasteiger partial charge in [0, 0.05) is 36.6 Å². The van der Waals surface area contributed by atoms with Gasteiger partial charge in [-0.15, -0.1) is 36.2 Å². The Balaban J connectivity index is 0.00000182. The highest BCUT2D eigenvalue weighted by Gasteiger charge is 2.23. The Labute approximate surface area is 180 Å². The number of hydrogen-bond donors (Lipinski definition) is 2. The predicted octanol–water partition coefficient (Wildman–Crippen LogP) is 2.90. The van der Waals surface area contributed by atoms with E-state index in [1.165, 1.54) is 11.3 Å². The lowest BCUT2D eigenvalue weighted by Crippen LogP contribution is -2.43. The molecule has 1 aliphatic rings. The van der Waals surface area contributed by atoms with Crippen LogP contribution in [0.5, 0.6) is 0 Å². The van der Waals surface area contributed by atoms with Gasteiger partial charge in [-0.3, -0.25) is 9.69 Å². The molecule has 3 rings (SSSR count). The van der Waals surface area contributed by atoms with Gasteiger partial charge in [0.1, 0.15) is 10.7 Å². The maximum atomic E-state index is 12.4. The topological polar surface area (TPSA) is 80.5 Å². The number of rotatable bonds is 6. The Morgan fingerprint density at radius 2 is 1.96 bits per heavy atom. The molecule has 0 saturated carbocycles. The van der Waals surface area contributed by atoms with Crippen molar-refractivity contribution >= 4 is 53.7 Å². The molecule has 1 unspecified atom stereocenters. The second-order valence-electron chi connectivity index (χ2n) is 5.76. The van der Waals surface area contributed by atoms with E-state index < -0.39 is 0 Å². The van der Waals surface area contributed by atoms with Crippen LogP contribution in [0.15, 0.2) is 29.6 Å². The van der Waals surface area contributed by atoms with Crippen molar-refractivity contribution in [3.8, 4) is 0 Å². The molecule has 2 aromatic rings. The predicted molar refractivity (Wildman–Crippen MR) is 113 cm³/mol. The summed E-state index contributed by atoms with van der Waals surface area (Å²) in [6.45, 7) is 3.90. The number of ether oxygens (including phenoxy) is 1. The van der Waals surface area contributed by atoms with Crippen molar-refractivity contribution in [1.82, 2.24) is 15.2 Å². The van der Waals surface area contributed by atoms with Crippen molar-refractivity contribution in [3.63, 3.8) is 0 Å². The lowest BCUT2D eigenvalue weighted by molar-refractivity contribution is 0.0162. The summed E-state index contributed by atoms with van der Waals surface area (Å²) in [5.41, 5.74) is 7.09. The standard InChI is InChI=1S/C17H21ClN4O2S.2ClH/c18-13-3-1-12(2-4-13)15(22-5-7-24-8-6-22)10-20-17(23)14-11-25-16(9-19)21-14;;/h1-4,11,15H,5-10,19H2,(H,20,23);2*1H. The minimum Gasteiger partial charge on any atom is -0.379 e. The zero-order valence-electron chi connectivity index (χ0n) is 14.6. The Bertz CT molecular complexity index is 708. The van der Waals surface area contributed by atoms with Gasteiger partial charge < -0.3 is 15.8 Å². The van der Waals surface area contributed by atoms with Gasteiger partial charge in [0.2, 0.25) is 0 Å². The molecular weight excluding hydrogens is 431 g/mol. The van der Waals surface area contributed by atoms with Crippen LogP contribution in [0.2, 0.25) is 5.02 Å². The summed E-state index contributed by atoms with van der Waals surface area (Å²) in [5, 5.41) is 6.19. The molecule has 0 radical (unpaired) electrons. The minimum absolute atomic E-state index is 0. The number of aromatic nitrogens is 1. The molecule has 27 heavy (non-hydrogen) atoms. The maximum Gasteiger partial charge on any atom is 0.270 e. The molecule has 150 valence electrons. The van der Waals surface area contributed by atoms with Crippen LogP contribution in [-0.4, -0.2) is 48.6 Å². The SMILES string of the molecule is Cl.Cl.NCc1nc(C(=O)NCC(c2ccc(Cl)cc2)N2CCOCC2)cs1. The fourth-order valence-corrected chi connectivity index (χ4v) is 3.60. The second kappa shape index (κ2) is 11.8. The number of amides is 1. The number of carbonyl (C=O) groups excluding carboxylic acids is 1. The molecule has 6 nitrogen and oxygen atoms in total. The molecule has 0 bridgehead atoms. The summed E-state index contributed by atoms with van der Waals surface area (Å²) in [5.74, 6) is -0.178. The second-order valence-corrected chi connectivity index (χ2v) is 7.14. The van der Waals surface area contributed by atoms with Crippen LogP contribution in [0.25, 0.3) is 0 Å². The summed E-state index contributed by atoms with van der Waals surface area (Å²) >= 11 is 7.40. The molecule has 1 amide bonds. The largest absolute Gasteiger partial charge is 0.379 e. The van der Waals surface area contributed by atoms with Gasteiger partial charge in [0.15, 0.2) is 0 Å². The third-order valence-corrected chi connectivity index (χ3v) is 5.28. The summed E-state index contributed by atoms with van der Waals surface area (Å²) in [6.07, 6.45) is 0. The zero-order chi connectivity index (χ0) is 17.6. The number of carbonyl (C=O) groups is 1. The smallest absolute Gasteiger partial charge is 0.270 e. The fraction of sp³-hybridized carbons (Fsp3) is 0.412. The lowest BCUT2D eigenvalue weighted by Gasteiger charge is -2.34. The van der Waals surface area contributed by atoms with E-state index in [0.717, 1.165) is 23.7 Å². The maximum absolute atomic E-state index is 12.4. The minimum atomic E-state index is -0.178. The van der Waals surface area contributed by atoms with E-state index in [0.29, 0.717) is 37.0 Å². The molecule has 2 heterocycles. The van der Waals surface area contributed by atoms with Crippen LogP contribution >= 0.6 is 47.8 Å². The van der Waals surface area contributed by atoms with Crippen LogP contribution in [0, 0.1) is 0 Å². The van der Waals surface area contributed by atoms with Crippen LogP contribution in [0.4, 0.5) is 0 Å². The highest BCUT2D eigenvalue weighted by molar-refractivity contribution is 7.09. The molecule has 1 aromatic heterocycles. The van der Waals surface area contributed by atoms with Gasteiger partial charge in [-0.25, -0.2) is 4.98 Å². The summed E-state index contributed by atoms with van der Waals surface area (Å²) in [6, 6.07) is 7.83. The van der Waals surface area contributed by atoms with Gasteiger partial charge in [0.05, 0.1) is 19.3 Å². The number of nitrogens with one attached hydrogen (secondary N) is 1. The number of hydrogen-bond acceptors (Lipinski definition) is 6. The van der Waals surface area contributed by atoms with Crippen LogP contribution in [-0.2, 0) is 11.3 Å². The number of thiazole rings is 1. The van der Waals surface area contributed by atoms with E-state index in [2.05, 4.69) is 15.2 Å². The molecule has 1 aliphatic heterocycles. The fourth-order valence-electron chi connectivity index (χ4n) is 2.82. The summed E-state index contributed by atoms with van der Waals surface area (Å²) in [4.78, 5) is 18.9. The molecule has 3 N–H and O–H groups in total. The van der Waals surface area contributed by atoms with Crippen LogP contribution in [0.3, 0.4) is 0 Å². The van der Waals surface area contributed by atoms with Crippen LogP contribution in [0.1, 0.15) is 27.1 Å². The molecule has 0 spiro atoms. The van der Waals surface area contributed by atoms with Crippen molar-refractivity contribution in [2.24, 2.45) is 5.73 Å². The highest BCUT2D eigenvalue weighted by Crippen LogP contribution is 2.23. The van der Waals surface area contributed by atoms with Crippen molar-refractivity contribution in [1.29, 1.82) is 0 Å². The molecule has 0 aliphatic carbocycles. The quantitative estimate of drug-likeness (QED) is 0.703. The normalized spacial score (nSPS) is 15.3. The average molecular weight is 454 g/mol. The summed E-state index contributed by atoms with van der Waals surface area (Å²) < 4.78 is 5.44. The van der Waals surface area contributed by atoms with Crippen molar-refractivity contribution in [3.05, 3.63) is 50.9 Å². The van der Waals surface area contributed by atoms with E-state index in [1.807, 2.05) is 24.3 Å². The number of halogens is 3. The molecule has 1 aromatic carbocycles. The van der Waals surface area contributed by atoms with E-state index in [4.69, 9.17) is 22.1 Å². The number of morpholine rings is 1. The van der Waals surface area contributed by atoms with E-state index in [9.17, 15) is 4.79 Å². The lowest BCUT2D eigenvalue weighted by atomic mass is 10.0. The number of benzene rings is 1. The number of nitrogens with two attached hydrogens (primary N) is 1.